The average molecular weight is 368 g/mol. The zero-order valence-electron chi connectivity index (χ0n) is 15.5. The Morgan fingerprint density at radius 3 is 2.78 bits per heavy atom. The van der Waals surface area contributed by atoms with Crippen LogP contribution in [0.25, 0.3) is 11.5 Å². The van der Waals surface area contributed by atoms with E-state index in [1.807, 2.05) is 24.5 Å². The predicted octanol–water partition coefficient (Wildman–Crippen LogP) is 4.12. The monoisotopic (exact) mass is 368 g/mol. The molecule has 1 amide bonds. The maximum Gasteiger partial charge on any atom is 0.259 e. The van der Waals surface area contributed by atoms with Crippen LogP contribution in [0.1, 0.15) is 41.5 Å². The van der Waals surface area contributed by atoms with Crippen molar-refractivity contribution in [1.82, 2.24) is 14.7 Å². The van der Waals surface area contributed by atoms with E-state index in [0.717, 1.165) is 41.2 Å². The molecule has 1 saturated carbocycles. The molecule has 140 valence electrons. The van der Waals surface area contributed by atoms with Crippen LogP contribution in [0.15, 0.2) is 28.8 Å². The van der Waals surface area contributed by atoms with Gasteiger partial charge < -0.3 is 14.4 Å². The lowest BCUT2D eigenvalue weighted by atomic mass is 10.2. The van der Waals surface area contributed by atoms with Crippen LogP contribution in [0.5, 0.6) is 0 Å². The van der Waals surface area contributed by atoms with Crippen LogP contribution < -0.4 is 5.32 Å². The number of anilines is 1. The van der Waals surface area contributed by atoms with Crippen LogP contribution in [0.4, 0.5) is 10.1 Å². The molecule has 3 aromatic rings. The predicted molar refractivity (Wildman–Crippen MR) is 98.9 cm³/mol. The summed E-state index contributed by atoms with van der Waals surface area (Å²) < 4.78 is 21.2. The van der Waals surface area contributed by atoms with Crippen molar-refractivity contribution < 1.29 is 13.7 Å². The molecule has 1 aliphatic rings. The second-order valence-corrected chi connectivity index (χ2v) is 7.13. The lowest BCUT2D eigenvalue weighted by molar-refractivity contribution is -0.116. The Bertz CT molecular complexity index is 1020. The van der Waals surface area contributed by atoms with Gasteiger partial charge in [0.25, 0.3) is 5.89 Å². The fourth-order valence-corrected chi connectivity index (χ4v) is 3.17. The van der Waals surface area contributed by atoms with Crippen molar-refractivity contribution in [3.63, 3.8) is 0 Å². The largest absolute Gasteiger partial charge is 0.339 e. The van der Waals surface area contributed by atoms with Crippen LogP contribution in [-0.2, 0) is 11.3 Å². The standard InChI is InChI=1S/C20H21FN4O2/c1-11-4-7-17(16(21)8-11)22-18(26)10-25-12(2)9-15(13(25)3)20-23-19(24-27-20)14-5-6-14/h4,7-9,14H,5-6,10H2,1-3H3,(H,22,26). The van der Waals surface area contributed by atoms with E-state index < -0.39 is 5.82 Å². The summed E-state index contributed by atoms with van der Waals surface area (Å²) in [5.74, 6) is 0.906. The second kappa shape index (κ2) is 6.64. The molecular weight excluding hydrogens is 347 g/mol. The summed E-state index contributed by atoms with van der Waals surface area (Å²) in [6.45, 7) is 5.70. The molecule has 6 nitrogen and oxygen atoms in total. The van der Waals surface area contributed by atoms with Gasteiger partial charge in [0.2, 0.25) is 5.91 Å². The van der Waals surface area contributed by atoms with Gasteiger partial charge in [0.05, 0.1) is 11.3 Å². The smallest absolute Gasteiger partial charge is 0.259 e. The molecule has 0 atom stereocenters. The van der Waals surface area contributed by atoms with E-state index in [1.54, 1.807) is 19.1 Å². The van der Waals surface area contributed by atoms with Crippen LogP contribution in [0.3, 0.4) is 0 Å². The number of rotatable bonds is 5. The highest BCUT2D eigenvalue weighted by Gasteiger charge is 2.29. The molecule has 7 heteroatoms. The SMILES string of the molecule is Cc1ccc(NC(=O)Cn2c(C)cc(-c3nc(C4CC4)no3)c2C)c(F)c1. The number of aromatic nitrogens is 3. The Kier molecular flexibility index (Phi) is 4.30. The first-order valence-corrected chi connectivity index (χ1v) is 8.99. The number of aryl methyl sites for hydroxylation is 2. The number of hydrogen-bond donors (Lipinski definition) is 1. The summed E-state index contributed by atoms with van der Waals surface area (Å²) in [4.78, 5) is 16.9. The minimum absolute atomic E-state index is 0.0780. The van der Waals surface area contributed by atoms with Gasteiger partial charge in [-0.15, -0.1) is 0 Å². The average Bonchev–Trinajstić information content (AvgIpc) is 3.30. The number of hydrogen-bond acceptors (Lipinski definition) is 4. The summed E-state index contributed by atoms with van der Waals surface area (Å²) >= 11 is 0. The normalized spacial score (nSPS) is 13.8. The van der Waals surface area contributed by atoms with Crippen molar-refractivity contribution in [2.45, 2.75) is 46.1 Å². The maximum absolute atomic E-state index is 14.0. The summed E-state index contributed by atoms with van der Waals surface area (Å²) in [6.07, 6.45) is 2.21. The van der Waals surface area contributed by atoms with Gasteiger partial charge in [-0.2, -0.15) is 4.98 Å². The number of nitrogens with one attached hydrogen (secondary N) is 1. The molecule has 0 unspecified atom stereocenters. The van der Waals surface area contributed by atoms with E-state index in [2.05, 4.69) is 15.5 Å². The molecule has 0 radical (unpaired) electrons. The Labute approximate surface area is 156 Å². The molecule has 2 heterocycles. The van der Waals surface area contributed by atoms with Gasteiger partial charge in [-0.25, -0.2) is 4.39 Å². The third kappa shape index (κ3) is 3.49. The van der Waals surface area contributed by atoms with Crippen molar-refractivity contribution in [2.24, 2.45) is 0 Å². The number of carbonyl (C=O) groups is 1. The lowest BCUT2D eigenvalue weighted by Crippen LogP contribution is -2.20. The van der Waals surface area contributed by atoms with Crippen molar-refractivity contribution in [3.8, 4) is 11.5 Å². The fourth-order valence-electron chi connectivity index (χ4n) is 3.17. The quantitative estimate of drug-likeness (QED) is 0.735. The number of carbonyl (C=O) groups excluding carboxylic acids is 1. The van der Waals surface area contributed by atoms with Crippen LogP contribution in [-0.4, -0.2) is 20.6 Å². The molecule has 2 aromatic heterocycles. The van der Waals surface area contributed by atoms with Gasteiger partial charge in [0.1, 0.15) is 12.4 Å². The highest BCUT2D eigenvalue weighted by molar-refractivity contribution is 5.91. The number of nitrogens with zero attached hydrogens (tertiary/aromatic N) is 3. The molecule has 1 aliphatic carbocycles. The van der Waals surface area contributed by atoms with Gasteiger partial charge in [0.15, 0.2) is 5.82 Å². The highest BCUT2D eigenvalue weighted by atomic mass is 19.1. The second-order valence-electron chi connectivity index (χ2n) is 7.13. The summed E-state index contributed by atoms with van der Waals surface area (Å²) in [5.41, 5.74) is 3.56. The van der Waals surface area contributed by atoms with Crippen LogP contribution in [0.2, 0.25) is 0 Å². The fraction of sp³-hybridized carbons (Fsp3) is 0.350. The highest BCUT2D eigenvalue weighted by Crippen LogP contribution is 2.39. The third-order valence-corrected chi connectivity index (χ3v) is 4.89. The number of amides is 1. The minimum Gasteiger partial charge on any atom is -0.339 e. The van der Waals surface area contributed by atoms with Crippen molar-refractivity contribution in [2.75, 3.05) is 5.32 Å². The van der Waals surface area contributed by atoms with E-state index in [4.69, 9.17) is 4.52 Å². The van der Waals surface area contributed by atoms with Gasteiger partial charge >= 0.3 is 0 Å². The molecule has 27 heavy (non-hydrogen) atoms. The van der Waals surface area contributed by atoms with Crippen molar-refractivity contribution in [3.05, 3.63) is 52.9 Å². The van der Waals surface area contributed by atoms with Gasteiger partial charge in [-0.05, 0) is 57.4 Å². The van der Waals surface area contributed by atoms with E-state index >= 15 is 0 Å². The zero-order valence-corrected chi connectivity index (χ0v) is 15.5. The van der Waals surface area contributed by atoms with Crippen LogP contribution >= 0.6 is 0 Å². The van der Waals surface area contributed by atoms with Gasteiger partial charge in [-0.1, -0.05) is 11.2 Å². The Morgan fingerprint density at radius 2 is 2.07 bits per heavy atom. The molecule has 0 bridgehead atoms. The molecule has 0 aliphatic heterocycles. The van der Waals surface area contributed by atoms with E-state index in [1.165, 1.54) is 6.07 Å². The Hall–Kier alpha value is -2.96. The van der Waals surface area contributed by atoms with E-state index in [0.29, 0.717) is 11.8 Å². The molecule has 1 aromatic carbocycles. The molecular formula is C20H21FN4O2. The van der Waals surface area contributed by atoms with Gasteiger partial charge in [-0.3, -0.25) is 4.79 Å². The van der Waals surface area contributed by atoms with Crippen molar-refractivity contribution >= 4 is 11.6 Å². The lowest BCUT2D eigenvalue weighted by Gasteiger charge is -2.11. The third-order valence-electron chi connectivity index (χ3n) is 4.89. The van der Waals surface area contributed by atoms with E-state index in [9.17, 15) is 9.18 Å². The topological polar surface area (TPSA) is 73.0 Å². The Morgan fingerprint density at radius 1 is 1.30 bits per heavy atom. The van der Waals surface area contributed by atoms with Crippen molar-refractivity contribution in [1.29, 1.82) is 0 Å². The first-order chi connectivity index (χ1) is 12.9. The molecule has 1 fully saturated rings. The summed E-state index contributed by atoms with van der Waals surface area (Å²) in [5, 5.41) is 6.68. The van der Waals surface area contributed by atoms with Gasteiger partial charge in [0, 0.05) is 17.3 Å². The molecule has 1 N–H and O–H groups in total. The van der Waals surface area contributed by atoms with Crippen LogP contribution in [0, 0.1) is 26.6 Å². The maximum atomic E-state index is 14.0. The number of halogens is 1. The molecule has 4 rings (SSSR count). The molecule has 0 spiro atoms. The molecule has 0 saturated heterocycles. The Balaban J connectivity index is 1.53. The number of benzene rings is 1. The minimum atomic E-state index is -0.441. The summed E-state index contributed by atoms with van der Waals surface area (Å²) in [7, 11) is 0. The summed E-state index contributed by atoms with van der Waals surface area (Å²) in [6, 6.07) is 6.66. The first-order valence-electron chi connectivity index (χ1n) is 8.99. The first kappa shape index (κ1) is 17.5. The zero-order chi connectivity index (χ0) is 19.1. The van der Waals surface area contributed by atoms with E-state index in [-0.39, 0.29) is 18.1 Å².